The minimum Gasteiger partial charge on any atom is -0.508 e. The molecule has 1 N–H and O–H groups in total. The zero-order valence-corrected chi connectivity index (χ0v) is 10.9. The quantitative estimate of drug-likeness (QED) is 0.684. The second kappa shape index (κ2) is 5.62. The molecule has 0 saturated heterocycles. The fourth-order valence-electron chi connectivity index (χ4n) is 1.53. The summed E-state index contributed by atoms with van der Waals surface area (Å²) in [6, 6.07) is 11.2. The molecule has 0 amide bonds. The number of nitrogens with zero attached hydrogens (tertiary/aromatic N) is 1. The van der Waals surface area contributed by atoms with Gasteiger partial charge in [-0.1, -0.05) is 17.8 Å². The lowest BCUT2D eigenvalue weighted by Crippen LogP contribution is -1.92. The average Bonchev–Trinajstić information content (AvgIpc) is 2.39. The number of phenolic OH excluding ortho intramolecular Hbond substituents is 1. The highest BCUT2D eigenvalue weighted by Gasteiger charge is 2.16. The molecule has 6 heteroatoms. The summed E-state index contributed by atoms with van der Waals surface area (Å²) in [5, 5.41) is 20.4. The molecule has 0 radical (unpaired) electrons. The molecule has 0 bridgehead atoms. The normalized spacial score (nSPS) is 10.2. The molecule has 5 nitrogen and oxygen atoms in total. The zero-order chi connectivity index (χ0) is 13.8. The van der Waals surface area contributed by atoms with E-state index in [0.29, 0.717) is 10.6 Å². The van der Waals surface area contributed by atoms with Gasteiger partial charge in [-0.25, -0.2) is 0 Å². The number of hydrogen-bond donors (Lipinski definition) is 1. The van der Waals surface area contributed by atoms with Gasteiger partial charge in [-0.05, 0) is 30.3 Å². The molecule has 0 aliphatic heterocycles. The predicted octanol–water partition coefficient (Wildman–Crippen LogP) is 3.46. The number of phenols is 1. The summed E-state index contributed by atoms with van der Waals surface area (Å²) >= 11 is 1.22. The van der Waals surface area contributed by atoms with Gasteiger partial charge in [0.1, 0.15) is 11.5 Å². The molecule has 2 aromatic carbocycles. The summed E-state index contributed by atoms with van der Waals surface area (Å²) < 4.78 is 4.98. The Morgan fingerprint density at radius 3 is 2.68 bits per heavy atom. The summed E-state index contributed by atoms with van der Waals surface area (Å²) in [5.41, 5.74) is -0.0207. The number of rotatable bonds is 4. The van der Waals surface area contributed by atoms with Crippen molar-refractivity contribution < 1.29 is 14.8 Å². The molecule has 0 spiro atoms. The molecule has 0 heterocycles. The summed E-state index contributed by atoms with van der Waals surface area (Å²) in [6.45, 7) is 0. The van der Waals surface area contributed by atoms with Crippen molar-refractivity contribution in [3.8, 4) is 11.5 Å². The third kappa shape index (κ3) is 3.17. The van der Waals surface area contributed by atoms with E-state index in [9.17, 15) is 15.2 Å². The van der Waals surface area contributed by atoms with Gasteiger partial charge in [0, 0.05) is 4.90 Å². The number of methoxy groups -OCH3 is 1. The number of aromatic hydroxyl groups is 1. The van der Waals surface area contributed by atoms with Crippen LogP contribution in [0.4, 0.5) is 5.69 Å². The molecule has 0 aromatic heterocycles. The van der Waals surface area contributed by atoms with Crippen LogP contribution in [-0.2, 0) is 0 Å². The minimum absolute atomic E-state index is 0.0207. The van der Waals surface area contributed by atoms with Gasteiger partial charge in [0.2, 0.25) is 0 Å². The van der Waals surface area contributed by atoms with Gasteiger partial charge in [0.25, 0.3) is 5.69 Å². The Morgan fingerprint density at radius 1 is 1.26 bits per heavy atom. The van der Waals surface area contributed by atoms with E-state index >= 15 is 0 Å². The van der Waals surface area contributed by atoms with Gasteiger partial charge in [0.15, 0.2) is 0 Å². The van der Waals surface area contributed by atoms with Crippen LogP contribution in [0, 0.1) is 10.1 Å². The summed E-state index contributed by atoms with van der Waals surface area (Å²) in [5.74, 6) is 0.563. The van der Waals surface area contributed by atoms with Crippen LogP contribution in [0.2, 0.25) is 0 Å². The highest BCUT2D eigenvalue weighted by Crippen LogP contribution is 2.37. The van der Waals surface area contributed by atoms with Crippen molar-refractivity contribution >= 4 is 17.4 Å². The average molecular weight is 277 g/mol. The number of hydrogen-bond acceptors (Lipinski definition) is 5. The van der Waals surface area contributed by atoms with Gasteiger partial charge in [-0.15, -0.1) is 0 Å². The first kappa shape index (κ1) is 13.2. The van der Waals surface area contributed by atoms with E-state index in [4.69, 9.17) is 4.74 Å². The monoisotopic (exact) mass is 277 g/mol. The van der Waals surface area contributed by atoms with Crippen molar-refractivity contribution in [3.63, 3.8) is 0 Å². The molecular formula is C13H11NO4S. The Labute approximate surface area is 114 Å². The summed E-state index contributed by atoms with van der Waals surface area (Å²) in [6.07, 6.45) is 0. The predicted molar refractivity (Wildman–Crippen MR) is 71.9 cm³/mol. The molecule has 0 unspecified atom stereocenters. The highest BCUT2D eigenvalue weighted by atomic mass is 32.2. The Hall–Kier alpha value is -2.21. The van der Waals surface area contributed by atoms with E-state index < -0.39 is 4.92 Å². The fourth-order valence-corrected chi connectivity index (χ4v) is 2.48. The second-order valence-corrected chi connectivity index (χ2v) is 4.81. The van der Waals surface area contributed by atoms with E-state index in [-0.39, 0.29) is 11.4 Å². The maximum Gasteiger partial charge on any atom is 0.286 e. The van der Waals surface area contributed by atoms with Gasteiger partial charge in [-0.2, -0.15) is 0 Å². The molecule has 0 aliphatic rings. The van der Waals surface area contributed by atoms with E-state index in [1.165, 1.54) is 24.9 Å². The van der Waals surface area contributed by atoms with Crippen LogP contribution in [0.15, 0.2) is 52.3 Å². The van der Waals surface area contributed by atoms with Crippen LogP contribution in [0.1, 0.15) is 0 Å². The van der Waals surface area contributed by atoms with Crippen LogP contribution in [0.3, 0.4) is 0 Å². The van der Waals surface area contributed by atoms with Gasteiger partial charge < -0.3 is 9.84 Å². The first-order chi connectivity index (χ1) is 9.10. The molecule has 2 rings (SSSR count). The topological polar surface area (TPSA) is 72.6 Å². The van der Waals surface area contributed by atoms with Crippen molar-refractivity contribution in [2.75, 3.05) is 7.11 Å². The number of nitro benzene ring substituents is 1. The lowest BCUT2D eigenvalue weighted by Gasteiger charge is -2.05. The third-order valence-electron chi connectivity index (χ3n) is 2.41. The summed E-state index contributed by atoms with van der Waals surface area (Å²) in [7, 11) is 1.46. The maximum absolute atomic E-state index is 11.0. The van der Waals surface area contributed by atoms with Crippen molar-refractivity contribution in [1.82, 2.24) is 0 Å². The Morgan fingerprint density at radius 2 is 2.05 bits per heavy atom. The molecular weight excluding hydrogens is 266 g/mol. The Kier molecular flexibility index (Phi) is 3.91. The van der Waals surface area contributed by atoms with Crippen molar-refractivity contribution in [3.05, 3.63) is 52.6 Å². The van der Waals surface area contributed by atoms with Gasteiger partial charge >= 0.3 is 0 Å². The zero-order valence-electron chi connectivity index (χ0n) is 10.1. The van der Waals surface area contributed by atoms with E-state index in [1.807, 2.05) is 0 Å². The molecule has 19 heavy (non-hydrogen) atoms. The van der Waals surface area contributed by atoms with Crippen LogP contribution >= 0.6 is 11.8 Å². The number of nitro groups is 1. The van der Waals surface area contributed by atoms with Crippen LogP contribution in [0.5, 0.6) is 11.5 Å². The first-order valence-electron chi connectivity index (χ1n) is 5.39. The van der Waals surface area contributed by atoms with Gasteiger partial charge in [-0.3, -0.25) is 10.1 Å². The Balaban J connectivity index is 2.36. The van der Waals surface area contributed by atoms with Crippen LogP contribution in [-0.4, -0.2) is 17.1 Å². The molecule has 2 aromatic rings. The molecule has 0 aliphatic carbocycles. The lowest BCUT2D eigenvalue weighted by atomic mass is 10.3. The maximum atomic E-state index is 11.0. The first-order valence-corrected chi connectivity index (χ1v) is 6.21. The van der Waals surface area contributed by atoms with E-state index in [2.05, 4.69) is 0 Å². The number of ether oxygens (including phenoxy) is 1. The van der Waals surface area contributed by atoms with Crippen molar-refractivity contribution in [1.29, 1.82) is 0 Å². The minimum atomic E-state index is -0.451. The van der Waals surface area contributed by atoms with Crippen LogP contribution < -0.4 is 4.74 Å². The van der Waals surface area contributed by atoms with E-state index in [1.54, 1.807) is 36.4 Å². The molecule has 98 valence electrons. The van der Waals surface area contributed by atoms with E-state index in [0.717, 1.165) is 4.90 Å². The third-order valence-corrected chi connectivity index (χ3v) is 3.46. The highest BCUT2D eigenvalue weighted by molar-refractivity contribution is 7.99. The lowest BCUT2D eigenvalue weighted by molar-refractivity contribution is -0.387. The SMILES string of the molecule is COc1ccc(Sc2cccc(O)c2)c([N+](=O)[O-])c1. The van der Waals surface area contributed by atoms with Gasteiger partial charge in [0.05, 0.1) is 23.0 Å². The fraction of sp³-hybridized carbons (Fsp3) is 0.0769. The Bertz CT molecular complexity index is 615. The van der Waals surface area contributed by atoms with Crippen molar-refractivity contribution in [2.24, 2.45) is 0 Å². The van der Waals surface area contributed by atoms with Crippen molar-refractivity contribution in [2.45, 2.75) is 9.79 Å². The largest absolute Gasteiger partial charge is 0.508 e. The molecule has 0 saturated carbocycles. The smallest absolute Gasteiger partial charge is 0.286 e. The number of benzene rings is 2. The standard InChI is InChI=1S/C13H11NO4S/c1-18-10-5-6-13(12(8-10)14(16)17)19-11-4-2-3-9(15)7-11/h2-8,15H,1H3. The molecule has 0 atom stereocenters. The van der Waals surface area contributed by atoms with Crippen LogP contribution in [0.25, 0.3) is 0 Å². The summed E-state index contributed by atoms with van der Waals surface area (Å²) in [4.78, 5) is 11.8. The molecule has 0 fully saturated rings. The second-order valence-electron chi connectivity index (χ2n) is 3.69.